The van der Waals surface area contributed by atoms with Crippen molar-refractivity contribution in [2.24, 2.45) is 5.10 Å². The van der Waals surface area contributed by atoms with Gasteiger partial charge < -0.3 is 0 Å². The molecule has 3 aromatic carbocycles. The zero-order valence-corrected chi connectivity index (χ0v) is 19.8. The largest absolute Gasteiger partial charge is 0.272 e. The van der Waals surface area contributed by atoms with Gasteiger partial charge in [-0.2, -0.15) is 5.10 Å². The number of thioether (sulfide) groups is 1. The number of nitrogens with zero attached hydrogens (tertiary/aromatic N) is 4. The van der Waals surface area contributed by atoms with E-state index < -0.39 is 0 Å². The van der Waals surface area contributed by atoms with E-state index in [2.05, 4.69) is 20.7 Å². The molecule has 1 aromatic heterocycles. The molecule has 0 radical (unpaired) electrons. The summed E-state index contributed by atoms with van der Waals surface area (Å²) in [7, 11) is 0. The molecule has 166 valence electrons. The minimum absolute atomic E-state index is 0.137. The number of benzene rings is 3. The van der Waals surface area contributed by atoms with Crippen LogP contribution in [0.3, 0.4) is 0 Å². The van der Waals surface area contributed by atoms with Crippen molar-refractivity contribution < 1.29 is 4.79 Å². The third-order valence-corrected chi connectivity index (χ3v) is 6.14. The molecule has 0 fully saturated rings. The summed E-state index contributed by atoms with van der Waals surface area (Å²) >= 11 is 7.40. The van der Waals surface area contributed by atoms with Crippen LogP contribution >= 0.6 is 23.4 Å². The Hall–Kier alpha value is -3.42. The number of amides is 1. The highest BCUT2D eigenvalue weighted by molar-refractivity contribution is 7.99. The highest BCUT2D eigenvalue weighted by atomic mass is 35.5. The van der Waals surface area contributed by atoms with E-state index in [1.165, 1.54) is 23.5 Å². The fourth-order valence-electron chi connectivity index (χ4n) is 3.10. The van der Waals surface area contributed by atoms with Gasteiger partial charge in [-0.25, -0.2) is 5.43 Å². The van der Waals surface area contributed by atoms with Crippen LogP contribution in [0.1, 0.15) is 16.7 Å². The summed E-state index contributed by atoms with van der Waals surface area (Å²) in [6.45, 7) is 4.09. The number of nitrogens with one attached hydrogen (secondary N) is 1. The Morgan fingerprint density at radius 3 is 2.36 bits per heavy atom. The van der Waals surface area contributed by atoms with Crippen LogP contribution in [0, 0.1) is 13.8 Å². The van der Waals surface area contributed by atoms with Gasteiger partial charge in [-0.15, -0.1) is 10.2 Å². The van der Waals surface area contributed by atoms with E-state index in [0.717, 1.165) is 28.2 Å². The van der Waals surface area contributed by atoms with E-state index in [4.69, 9.17) is 11.6 Å². The van der Waals surface area contributed by atoms with Crippen LogP contribution in [0.25, 0.3) is 17.1 Å². The van der Waals surface area contributed by atoms with Crippen molar-refractivity contribution in [3.63, 3.8) is 0 Å². The quantitative estimate of drug-likeness (QED) is 0.219. The maximum Gasteiger partial charge on any atom is 0.250 e. The third kappa shape index (κ3) is 5.69. The molecule has 0 aliphatic rings. The van der Waals surface area contributed by atoms with Gasteiger partial charge in [0.1, 0.15) is 0 Å². The topological polar surface area (TPSA) is 72.2 Å². The molecule has 0 aliphatic carbocycles. The number of aromatic nitrogens is 3. The van der Waals surface area contributed by atoms with Gasteiger partial charge >= 0.3 is 0 Å². The first kappa shape index (κ1) is 22.8. The standard InChI is InChI=1S/C25H22ClN5OS/c1-17-7-11-19(12-8-17)24-29-30-25(31(24)21-13-9-18(2)10-14-21)33-16-23(32)28-27-15-20-5-3-4-6-22(20)26/h3-15H,16H2,1-2H3,(H,28,32). The van der Waals surface area contributed by atoms with Crippen molar-refractivity contribution in [3.8, 4) is 17.1 Å². The van der Waals surface area contributed by atoms with Gasteiger partial charge in [0.2, 0.25) is 0 Å². The Balaban J connectivity index is 1.52. The Morgan fingerprint density at radius 2 is 1.67 bits per heavy atom. The van der Waals surface area contributed by atoms with Gasteiger partial charge in [-0.05, 0) is 32.0 Å². The van der Waals surface area contributed by atoms with E-state index in [9.17, 15) is 4.79 Å². The Kier molecular flexibility index (Phi) is 7.22. The Bertz CT molecular complexity index is 1280. The predicted molar refractivity (Wildman–Crippen MR) is 134 cm³/mol. The molecule has 8 heteroatoms. The predicted octanol–water partition coefficient (Wildman–Crippen LogP) is 5.45. The number of halogens is 1. The molecule has 0 unspecified atom stereocenters. The molecule has 4 rings (SSSR count). The Morgan fingerprint density at radius 1 is 1.00 bits per heavy atom. The highest BCUT2D eigenvalue weighted by Crippen LogP contribution is 2.28. The van der Waals surface area contributed by atoms with Crippen LogP contribution < -0.4 is 5.43 Å². The fraction of sp³-hybridized carbons (Fsp3) is 0.120. The summed E-state index contributed by atoms with van der Waals surface area (Å²) in [5, 5.41) is 14.0. The van der Waals surface area contributed by atoms with E-state index in [0.29, 0.717) is 10.2 Å². The number of hydrogen-bond acceptors (Lipinski definition) is 5. The molecule has 0 spiro atoms. The zero-order chi connectivity index (χ0) is 23.2. The lowest BCUT2D eigenvalue weighted by Gasteiger charge is -2.11. The summed E-state index contributed by atoms with van der Waals surface area (Å²) in [6.07, 6.45) is 1.52. The summed E-state index contributed by atoms with van der Waals surface area (Å²) in [6, 6.07) is 23.5. The van der Waals surface area contributed by atoms with Crippen molar-refractivity contribution in [3.05, 3.63) is 94.5 Å². The number of aryl methyl sites for hydroxylation is 2. The molecule has 6 nitrogen and oxygen atoms in total. The molecule has 0 aliphatic heterocycles. The van der Waals surface area contributed by atoms with Crippen molar-refractivity contribution in [2.75, 3.05) is 5.75 Å². The van der Waals surface area contributed by atoms with Crippen LogP contribution in [-0.2, 0) is 4.79 Å². The molecule has 0 saturated heterocycles. The molecule has 33 heavy (non-hydrogen) atoms. The summed E-state index contributed by atoms with van der Waals surface area (Å²) in [4.78, 5) is 12.4. The van der Waals surface area contributed by atoms with Gasteiger partial charge in [-0.3, -0.25) is 9.36 Å². The molecule has 0 saturated carbocycles. The van der Waals surface area contributed by atoms with Gasteiger partial charge in [0.25, 0.3) is 5.91 Å². The second-order valence-electron chi connectivity index (χ2n) is 7.45. The van der Waals surface area contributed by atoms with Gasteiger partial charge in [0, 0.05) is 21.8 Å². The van der Waals surface area contributed by atoms with Gasteiger partial charge in [0.05, 0.1) is 12.0 Å². The van der Waals surface area contributed by atoms with Crippen LogP contribution in [0.5, 0.6) is 0 Å². The van der Waals surface area contributed by atoms with Crippen LogP contribution in [0.15, 0.2) is 83.1 Å². The zero-order valence-electron chi connectivity index (χ0n) is 18.2. The first-order valence-electron chi connectivity index (χ1n) is 10.3. The minimum Gasteiger partial charge on any atom is -0.272 e. The molecule has 0 bridgehead atoms. The van der Waals surface area contributed by atoms with E-state index in [1.54, 1.807) is 6.07 Å². The van der Waals surface area contributed by atoms with Gasteiger partial charge in [0.15, 0.2) is 11.0 Å². The second-order valence-corrected chi connectivity index (χ2v) is 8.80. The summed E-state index contributed by atoms with van der Waals surface area (Å²) in [5.41, 5.74) is 7.48. The molecule has 1 heterocycles. The molecule has 4 aromatic rings. The lowest BCUT2D eigenvalue weighted by molar-refractivity contribution is -0.118. The number of rotatable bonds is 7. The minimum atomic E-state index is -0.251. The third-order valence-electron chi connectivity index (χ3n) is 4.87. The smallest absolute Gasteiger partial charge is 0.250 e. The molecular formula is C25H22ClN5OS. The molecular weight excluding hydrogens is 454 g/mol. The first-order chi connectivity index (χ1) is 16.0. The molecule has 1 amide bonds. The van der Waals surface area contributed by atoms with E-state index in [1.807, 2.05) is 85.1 Å². The monoisotopic (exact) mass is 475 g/mol. The maximum atomic E-state index is 12.4. The van der Waals surface area contributed by atoms with Crippen LogP contribution in [0.4, 0.5) is 0 Å². The average molecular weight is 476 g/mol. The molecule has 0 atom stereocenters. The first-order valence-corrected chi connectivity index (χ1v) is 11.7. The number of carbonyl (C=O) groups excluding carboxylic acids is 1. The normalized spacial score (nSPS) is 11.1. The highest BCUT2D eigenvalue weighted by Gasteiger charge is 2.17. The number of hydrogen-bond donors (Lipinski definition) is 1. The SMILES string of the molecule is Cc1ccc(-c2nnc(SCC(=O)NN=Cc3ccccc3Cl)n2-c2ccc(C)cc2)cc1. The van der Waals surface area contributed by atoms with E-state index in [-0.39, 0.29) is 11.7 Å². The van der Waals surface area contributed by atoms with Crippen molar-refractivity contribution >= 4 is 35.5 Å². The lowest BCUT2D eigenvalue weighted by Crippen LogP contribution is -2.20. The van der Waals surface area contributed by atoms with Crippen molar-refractivity contribution in [1.29, 1.82) is 0 Å². The molecule has 1 N–H and O–H groups in total. The van der Waals surface area contributed by atoms with Crippen LogP contribution in [-0.4, -0.2) is 32.6 Å². The van der Waals surface area contributed by atoms with Gasteiger partial charge in [-0.1, -0.05) is 89.1 Å². The average Bonchev–Trinajstić information content (AvgIpc) is 3.24. The van der Waals surface area contributed by atoms with Crippen molar-refractivity contribution in [2.45, 2.75) is 19.0 Å². The summed E-state index contributed by atoms with van der Waals surface area (Å²) < 4.78 is 1.97. The van der Waals surface area contributed by atoms with Crippen LogP contribution in [0.2, 0.25) is 5.02 Å². The number of hydrazone groups is 1. The van der Waals surface area contributed by atoms with E-state index >= 15 is 0 Å². The Labute approximate surface area is 201 Å². The summed E-state index contributed by atoms with van der Waals surface area (Å²) in [5.74, 6) is 0.606. The lowest BCUT2D eigenvalue weighted by atomic mass is 10.1. The fourth-order valence-corrected chi connectivity index (χ4v) is 4.02. The van der Waals surface area contributed by atoms with Crippen molar-refractivity contribution in [1.82, 2.24) is 20.2 Å². The number of carbonyl (C=O) groups is 1. The maximum absolute atomic E-state index is 12.4. The second kappa shape index (κ2) is 10.5.